The van der Waals surface area contributed by atoms with Crippen LogP contribution in [0.25, 0.3) is 0 Å². The van der Waals surface area contributed by atoms with Gasteiger partial charge in [-0.3, -0.25) is 9.59 Å². The van der Waals surface area contributed by atoms with Gasteiger partial charge in [0.05, 0.1) is 19.5 Å². The minimum atomic E-state index is -0.103. The molecular weight excluding hydrogens is 562 g/mol. The lowest BCUT2D eigenvalue weighted by molar-refractivity contribution is -0.134. The first kappa shape index (κ1) is 32.2. The van der Waals surface area contributed by atoms with Gasteiger partial charge in [-0.1, -0.05) is 56.3 Å². The molecule has 9 heteroatoms. The maximum Gasteiger partial charge on any atom is 0.254 e. The molecule has 0 saturated heterocycles. The fraction of sp³-hybridized carbons (Fsp3) is 0.444. The van der Waals surface area contributed by atoms with E-state index in [9.17, 15) is 9.59 Å². The third kappa shape index (κ3) is 8.91. The average Bonchev–Trinajstić information content (AvgIpc) is 3.79. The summed E-state index contributed by atoms with van der Waals surface area (Å²) in [5.74, 6) is 1.47. The van der Waals surface area contributed by atoms with Crippen LogP contribution in [0.2, 0.25) is 0 Å². The zero-order valence-corrected chi connectivity index (χ0v) is 26.7. The highest BCUT2D eigenvalue weighted by molar-refractivity contribution is 5.94. The Hall–Kier alpha value is -4.24. The van der Waals surface area contributed by atoms with E-state index in [2.05, 4.69) is 43.6 Å². The Morgan fingerprint density at radius 2 is 1.31 bits per heavy atom. The normalized spacial score (nSPS) is 16.5. The molecule has 0 atom stereocenters. The molecule has 2 amide bonds. The van der Waals surface area contributed by atoms with Gasteiger partial charge >= 0.3 is 0 Å². The second kappa shape index (κ2) is 16.2. The number of aromatic nitrogens is 4. The van der Waals surface area contributed by atoms with Gasteiger partial charge in [-0.25, -0.2) is 9.97 Å². The molecule has 9 nitrogen and oxygen atoms in total. The van der Waals surface area contributed by atoms with Crippen molar-refractivity contribution in [3.05, 3.63) is 108 Å². The van der Waals surface area contributed by atoms with E-state index in [1.165, 1.54) is 12.8 Å². The molecule has 1 aliphatic carbocycles. The SMILES string of the molecule is CCCN(CCC)[C@H]1CC[C@H](N(Cc2ccc(C(=O)N(Cc3ncc[nH]3)Cc3ncc[nH]3)cc2)C(=O)Cc2ccccc2)CC1. The molecule has 0 unspecified atom stereocenters. The summed E-state index contributed by atoms with van der Waals surface area (Å²) in [6.07, 6.45) is 13.9. The molecule has 0 spiro atoms. The van der Waals surface area contributed by atoms with Crippen molar-refractivity contribution >= 4 is 11.8 Å². The monoisotopic (exact) mass is 609 g/mol. The fourth-order valence-electron chi connectivity index (χ4n) is 6.54. The van der Waals surface area contributed by atoms with Crippen molar-refractivity contribution in [1.29, 1.82) is 0 Å². The van der Waals surface area contributed by atoms with Crippen LogP contribution in [-0.2, 0) is 30.8 Å². The van der Waals surface area contributed by atoms with Crippen LogP contribution in [0.3, 0.4) is 0 Å². The zero-order valence-electron chi connectivity index (χ0n) is 26.7. The van der Waals surface area contributed by atoms with Crippen molar-refractivity contribution < 1.29 is 9.59 Å². The molecular formula is C36H47N7O2. The zero-order chi connectivity index (χ0) is 31.4. The molecule has 2 N–H and O–H groups in total. The second-order valence-electron chi connectivity index (χ2n) is 12.1. The van der Waals surface area contributed by atoms with Crippen LogP contribution in [0.5, 0.6) is 0 Å². The Morgan fingerprint density at radius 1 is 0.733 bits per heavy atom. The molecule has 2 aromatic carbocycles. The summed E-state index contributed by atoms with van der Waals surface area (Å²) < 4.78 is 0. The summed E-state index contributed by atoms with van der Waals surface area (Å²) >= 11 is 0. The molecule has 5 rings (SSSR count). The van der Waals surface area contributed by atoms with E-state index < -0.39 is 0 Å². The van der Waals surface area contributed by atoms with E-state index in [-0.39, 0.29) is 17.9 Å². The first-order chi connectivity index (χ1) is 22.0. The number of hydrogen-bond acceptors (Lipinski definition) is 5. The van der Waals surface area contributed by atoms with Crippen LogP contribution in [0.15, 0.2) is 79.4 Å². The van der Waals surface area contributed by atoms with Crippen molar-refractivity contribution in [2.75, 3.05) is 13.1 Å². The number of amides is 2. The Kier molecular flexibility index (Phi) is 11.6. The van der Waals surface area contributed by atoms with Gasteiger partial charge in [-0.05, 0) is 74.9 Å². The van der Waals surface area contributed by atoms with Crippen LogP contribution in [-0.4, -0.2) is 71.6 Å². The molecule has 2 heterocycles. The molecule has 0 aliphatic heterocycles. The number of carbonyl (C=O) groups is 2. The molecule has 0 bridgehead atoms. The van der Waals surface area contributed by atoms with E-state index in [0.29, 0.717) is 49.3 Å². The molecule has 238 valence electrons. The summed E-state index contributed by atoms with van der Waals surface area (Å²) in [5.41, 5.74) is 2.65. The van der Waals surface area contributed by atoms with E-state index >= 15 is 0 Å². The fourth-order valence-corrected chi connectivity index (χ4v) is 6.54. The number of rotatable bonds is 15. The summed E-state index contributed by atoms with van der Waals surface area (Å²) in [6.45, 7) is 8.02. The number of H-pyrrole nitrogens is 2. The number of carbonyl (C=O) groups excluding carboxylic acids is 2. The number of hydrogen-bond donors (Lipinski definition) is 2. The van der Waals surface area contributed by atoms with Crippen molar-refractivity contribution in [1.82, 2.24) is 34.6 Å². The largest absolute Gasteiger partial charge is 0.347 e. The third-order valence-corrected chi connectivity index (χ3v) is 8.80. The van der Waals surface area contributed by atoms with E-state index in [1.807, 2.05) is 54.6 Å². The maximum absolute atomic E-state index is 13.8. The molecule has 0 radical (unpaired) electrons. The lowest BCUT2D eigenvalue weighted by Gasteiger charge is -2.41. The van der Waals surface area contributed by atoms with Gasteiger partial charge in [0.25, 0.3) is 5.91 Å². The van der Waals surface area contributed by atoms with Gasteiger partial charge in [-0.2, -0.15) is 0 Å². The summed E-state index contributed by atoms with van der Waals surface area (Å²) in [5, 5.41) is 0. The summed E-state index contributed by atoms with van der Waals surface area (Å²) in [4.78, 5) is 48.8. The molecule has 2 aromatic heterocycles. The molecule has 4 aromatic rings. The molecule has 1 saturated carbocycles. The first-order valence-corrected chi connectivity index (χ1v) is 16.5. The second-order valence-corrected chi connectivity index (χ2v) is 12.1. The van der Waals surface area contributed by atoms with Gasteiger partial charge in [0, 0.05) is 49.0 Å². The first-order valence-electron chi connectivity index (χ1n) is 16.5. The van der Waals surface area contributed by atoms with Crippen molar-refractivity contribution in [2.24, 2.45) is 0 Å². The van der Waals surface area contributed by atoms with E-state index in [1.54, 1.807) is 29.7 Å². The minimum Gasteiger partial charge on any atom is -0.347 e. The van der Waals surface area contributed by atoms with Crippen molar-refractivity contribution in [3.63, 3.8) is 0 Å². The van der Waals surface area contributed by atoms with Crippen molar-refractivity contribution in [3.8, 4) is 0 Å². The standard InChI is InChI=1S/C36H47N7O2/c1-3-22-41(23-4-2)31-14-16-32(17-15-31)43(35(44)24-28-8-6-5-7-9-28)25-29-10-12-30(13-11-29)36(45)42(26-33-37-18-19-38-33)27-34-39-20-21-40-34/h5-13,18-21,31-32H,3-4,14-17,22-27H2,1-2H3,(H,37,38)(H,39,40)/t31-,32-. The van der Waals surface area contributed by atoms with Gasteiger partial charge in [0.2, 0.25) is 5.91 Å². The molecule has 1 aliphatic rings. The highest BCUT2D eigenvalue weighted by Gasteiger charge is 2.31. The Morgan fingerprint density at radius 3 is 1.84 bits per heavy atom. The summed E-state index contributed by atoms with van der Waals surface area (Å²) in [7, 11) is 0. The Balaban J connectivity index is 1.29. The highest BCUT2D eigenvalue weighted by atomic mass is 16.2. The predicted octanol–water partition coefficient (Wildman–Crippen LogP) is 5.98. The molecule has 1 fully saturated rings. The van der Waals surface area contributed by atoms with Crippen LogP contribution in [0.4, 0.5) is 0 Å². The Bertz CT molecular complexity index is 1390. The predicted molar refractivity (Wildman–Crippen MR) is 176 cm³/mol. The van der Waals surface area contributed by atoms with Crippen LogP contribution >= 0.6 is 0 Å². The quantitative estimate of drug-likeness (QED) is 0.173. The minimum absolute atomic E-state index is 0.103. The topological polar surface area (TPSA) is 101 Å². The molecule has 45 heavy (non-hydrogen) atoms. The number of nitrogens with one attached hydrogen (secondary N) is 2. The van der Waals surface area contributed by atoms with Crippen LogP contribution < -0.4 is 0 Å². The number of benzene rings is 2. The third-order valence-electron chi connectivity index (χ3n) is 8.80. The van der Waals surface area contributed by atoms with Crippen LogP contribution in [0.1, 0.15) is 85.5 Å². The Labute approximate surface area is 267 Å². The average molecular weight is 610 g/mol. The van der Waals surface area contributed by atoms with Gasteiger partial charge in [0.1, 0.15) is 11.6 Å². The van der Waals surface area contributed by atoms with E-state index in [0.717, 1.165) is 49.9 Å². The lowest BCUT2D eigenvalue weighted by atomic mass is 9.88. The van der Waals surface area contributed by atoms with Crippen molar-refractivity contribution in [2.45, 2.75) is 90.5 Å². The maximum atomic E-state index is 13.8. The number of aromatic amines is 2. The smallest absolute Gasteiger partial charge is 0.254 e. The highest BCUT2D eigenvalue weighted by Crippen LogP contribution is 2.29. The van der Waals surface area contributed by atoms with Gasteiger partial charge < -0.3 is 24.7 Å². The lowest BCUT2D eigenvalue weighted by Crippen LogP contribution is -2.46. The van der Waals surface area contributed by atoms with E-state index in [4.69, 9.17) is 0 Å². The van der Waals surface area contributed by atoms with Gasteiger partial charge in [-0.15, -0.1) is 0 Å². The van der Waals surface area contributed by atoms with Crippen LogP contribution in [0, 0.1) is 0 Å². The number of imidazole rings is 2. The van der Waals surface area contributed by atoms with Gasteiger partial charge in [0.15, 0.2) is 0 Å². The summed E-state index contributed by atoms with van der Waals surface area (Å²) in [6, 6.07) is 18.6. The number of nitrogens with zero attached hydrogens (tertiary/aromatic N) is 5.